The van der Waals surface area contributed by atoms with Gasteiger partial charge in [-0.05, 0) is 44.9 Å². The van der Waals surface area contributed by atoms with Gasteiger partial charge in [-0.15, -0.1) is 0 Å². The molecule has 0 amide bonds. The van der Waals surface area contributed by atoms with Crippen LogP contribution in [0.2, 0.25) is 0 Å². The Labute approximate surface area is 151 Å². The van der Waals surface area contributed by atoms with Crippen LogP contribution in [-0.4, -0.2) is 12.2 Å². The fourth-order valence-electron chi connectivity index (χ4n) is 3.00. The molecule has 0 aromatic rings. The molecule has 1 aliphatic heterocycles. The fraction of sp³-hybridized carbons (Fsp3) is 0.739. The van der Waals surface area contributed by atoms with Crippen LogP contribution in [0.4, 0.5) is 0 Å². The zero-order chi connectivity index (χ0) is 17.3. The van der Waals surface area contributed by atoms with Gasteiger partial charge < -0.3 is 4.74 Å². The van der Waals surface area contributed by atoms with Gasteiger partial charge in [0.05, 0.1) is 12.2 Å². The molecule has 0 N–H and O–H groups in total. The molecule has 1 rings (SSSR count). The van der Waals surface area contributed by atoms with Gasteiger partial charge in [0.2, 0.25) is 0 Å². The maximum absolute atomic E-state index is 5.68. The molecular weight excluding hydrogens is 292 g/mol. The van der Waals surface area contributed by atoms with Gasteiger partial charge in [0.25, 0.3) is 0 Å². The lowest BCUT2D eigenvalue weighted by Gasteiger charge is -1.95. The normalized spacial score (nSPS) is 20.8. The van der Waals surface area contributed by atoms with Gasteiger partial charge in [0.15, 0.2) is 0 Å². The summed E-state index contributed by atoms with van der Waals surface area (Å²) in [5.74, 6) is 0. The first-order valence-electron chi connectivity index (χ1n) is 10.5. The maximum atomic E-state index is 5.68. The van der Waals surface area contributed by atoms with Crippen molar-refractivity contribution in [3.05, 3.63) is 36.5 Å². The lowest BCUT2D eigenvalue weighted by atomic mass is 10.1. The van der Waals surface area contributed by atoms with E-state index in [1.165, 1.54) is 70.6 Å². The van der Waals surface area contributed by atoms with Crippen LogP contribution in [-0.2, 0) is 4.74 Å². The number of allylic oxidation sites excluding steroid dienone is 6. The van der Waals surface area contributed by atoms with Gasteiger partial charge in [-0.1, -0.05) is 88.8 Å². The molecule has 2 atom stereocenters. The molecule has 1 saturated heterocycles. The molecule has 1 heterocycles. The van der Waals surface area contributed by atoms with Gasteiger partial charge >= 0.3 is 0 Å². The van der Waals surface area contributed by atoms with E-state index in [2.05, 4.69) is 50.3 Å². The molecule has 0 aliphatic carbocycles. The Morgan fingerprint density at radius 1 is 0.583 bits per heavy atom. The second-order valence-corrected chi connectivity index (χ2v) is 7.04. The SMILES string of the molecule is CCCCCCCC=CCCC=CC=CCCC1OC1CCCC. The molecule has 138 valence electrons. The van der Waals surface area contributed by atoms with Crippen LogP contribution in [0.15, 0.2) is 36.5 Å². The first kappa shape index (κ1) is 21.2. The van der Waals surface area contributed by atoms with Crippen molar-refractivity contribution in [3.63, 3.8) is 0 Å². The minimum absolute atomic E-state index is 0.553. The zero-order valence-electron chi connectivity index (χ0n) is 16.2. The summed E-state index contributed by atoms with van der Waals surface area (Å²) in [4.78, 5) is 0. The van der Waals surface area contributed by atoms with Crippen molar-refractivity contribution in [3.8, 4) is 0 Å². The van der Waals surface area contributed by atoms with E-state index in [1.807, 2.05) is 0 Å². The minimum atomic E-state index is 0.553. The highest BCUT2D eigenvalue weighted by Gasteiger charge is 2.36. The van der Waals surface area contributed by atoms with E-state index >= 15 is 0 Å². The third kappa shape index (κ3) is 12.6. The number of unbranched alkanes of at least 4 members (excludes halogenated alkanes) is 7. The molecule has 0 spiro atoms. The van der Waals surface area contributed by atoms with E-state index in [-0.39, 0.29) is 0 Å². The molecule has 2 unspecified atom stereocenters. The Kier molecular flexibility index (Phi) is 13.9. The number of hydrogen-bond donors (Lipinski definition) is 0. The van der Waals surface area contributed by atoms with Crippen molar-refractivity contribution >= 4 is 0 Å². The van der Waals surface area contributed by atoms with E-state index in [0.29, 0.717) is 12.2 Å². The summed E-state index contributed by atoms with van der Waals surface area (Å²) in [7, 11) is 0. The Morgan fingerprint density at radius 2 is 1.21 bits per heavy atom. The van der Waals surface area contributed by atoms with Gasteiger partial charge in [-0.25, -0.2) is 0 Å². The molecule has 24 heavy (non-hydrogen) atoms. The predicted octanol–water partition coefficient (Wildman–Crippen LogP) is 7.53. The summed E-state index contributed by atoms with van der Waals surface area (Å²) in [6, 6.07) is 0. The third-order valence-electron chi connectivity index (χ3n) is 4.67. The lowest BCUT2D eigenvalue weighted by Crippen LogP contribution is -1.92. The highest BCUT2D eigenvalue weighted by atomic mass is 16.6. The van der Waals surface area contributed by atoms with Crippen molar-refractivity contribution < 1.29 is 4.74 Å². The third-order valence-corrected chi connectivity index (χ3v) is 4.67. The van der Waals surface area contributed by atoms with E-state index < -0.39 is 0 Å². The van der Waals surface area contributed by atoms with Crippen molar-refractivity contribution in [1.29, 1.82) is 0 Å². The Hall–Kier alpha value is -0.820. The summed E-state index contributed by atoms with van der Waals surface area (Å²) < 4.78 is 5.68. The average molecular weight is 333 g/mol. The second kappa shape index (κ2) is 15.7. The minimum Gasteiger partial charge on any atom is -0.370 e. The smallest absolute Gasteiger partial charge is 0.0844 e. The molecule has 0 saturated carbocycles. The monoisotopic (exact) mass is 332 g/mol. The first-order valence-corrected chi connectivity index (χ1v) is 10.5. The van der Waals surface area contributed by atoms with E-state index in [1.54, 1.807) is 0 Å². The number of ether oxygens (including phenoxy) is 1. The topological polar surface area (TPSA) is 12.5 Å². The van der Waals surface area contributed by atoms with Crippen molar-refractivity contribution in [2.75, 3.05) is 0 Å². The summed E-state index contributed by atoms with van der Waals surface area (Å²) in [6.45, 7) is 4.52. The molecular formula is C23H40O. The van der Waals surface area contributed by atoms with Crippen LogP contribution in [0.25, 0.3) is 0 Å². The Bertz CT molecular complexity index is 353. The largest absolute Gasteiger partial charge is 0.370 e. The van der Waals surface area contributed by atoms with Crippen LogP contribution in [0.5, 0.6) is 0 Å². The molecule has 0 radical (unpaired) electrons. The summed E-state index contributed by atoms with van der Waals surface area (Å²) >= 11 is 0. The average Bonchev–Trinajstić information content (AvgIpc) is 3.35. The van der Waals surface area contributed by atoms with E-state index in [0.717, 1.165) is 12.8 Å². The predicted molar refractivity (Wildman–Crippen MR) is 107 cm³/mol. The second-order valence-electron chi connectivity index (χ2n) is 7.04. The molecule has 1 heteroatoms. The van der Waals surface area contributed by atoms with Crippen LogP contribution in [0.1, 0.15) is 97.3 Å². The summed E-state index contributed by atoms with van der Waals surface area (Å²) in [5.41, 5.74) is 0. The summed E-state index contributed by atoms with van der Waals surface area (Å²) in [6.07, 6.45) is 31.5. The molecule has 1 nitrogen and oxygen atoms in total. The van der Waals surface area contributed by atoms with Crippen LogP contribution in [0, 0.1) is 0 Å². The molecule has 0 bridgehead atoms. The number of hydrogen-bond acceptors (Lipinski definition) is 1. The van der Waals surface area contributed by atoms with Crippen LogP contribution >= 0.6 is 0 Å². The number of rotatable bonds is 16. The van der Waals surface area contributed by atoms with Gasteiger partial charge in [-0.3, -0.25) is 0 Å². The Morgan fingerprint density at radius 3 is 2.00 bits per heavy atom. The quantitative estimate of drug-likeness (QED) is 0.123. The highest BCUT2D eigenvalue weighted by Crippen LogP contribution is 2.30. The standard InChI is InChI=1S/C23H40O/c1-3-5-7-8-9-10-11-12-13-14-15-16-17-18-19-21-23-22(24-23)20-6-4-2/h11-12,15-18,22-23H,3-10,13-14,19-21H2,1-2H3. The molecule has 1 fully saturated rings. The van der Waals surface area contributed by atoms with Crippen molar-refractivity contribution in [1.82, 2.24) is 0 Å². The van der Waals surface area contributed by atoms with E-state index in [4.69, 9.17) is 4.74 Å². The first-order chi connectivity index (χ1) is 11.9. The van der Waals surface area contributed by atoms with Gasteiger partial charge in [0, 0.05) is 0 Å². The number of epoxide rings is 1. The maximum Gasteiger partial charge on any atom is 0.0844 e. The molecule has 0 aromatic carbocycles. The van der Waals surface area contributed by atoms with Crippen LogP contribution in [0.3, 0.4) is 0 Å². The van der Waals surface area contributed by atoms with Crippen LogP contribution < -0.4 is 0 Å². The molecule has 1 aliphatic rings. The fourth-order valence-corrected chi connectivity index (χ4v) is 3.00. The zero-order valence-corrected chi connectivity index (χ0v) is 16.2. The Balaban J connectivity index is 1.84. The lowest BCUT2D eigenvalue weighted by molar-refractivity contribution is 0.354. The van der Waals surface area contributed by atoms with Crippen molar-refractivity contribution in [2.24, 2.45) is 0 Å². The summed E-state index contributed by atoms with van der Waals surface area (Å²) in [5, 5.41) is 0. The van der Waals surface area contributed by atoms with Crippen molar-refractivity contribution in [2.45, 2.75) is 110 Å². The van der Waals surface area contributed by atoms with Gasteiger partial charge in [-0.2, -0.15) is 0 Å². The molecule has 0 aromatic heterocycles. The van der Waals surface area contributed by atoms with Gasteiger partial charge in [0.1, 0.15) is 0 Å². The van der Waals surface area contributed by atoms with E-state index in [9.17, 15) is 0 Å². The highest BCUT2D eigenvalue weighted by molar-refractivity contribution is 5.03.